The molecule has 1 aromatic rings. The van der Waals surface area contributed by atoms with Gasteiger partial charge in [0.25, 0.3) is 0 Å². The van der Waals surface area contributed by atoms with Crippen molar-refractivity contribution in [3.05, 3.63) is 28.0 Å². The first-order valence-electron chi connectivity index (χ1n) is 4.75. The molecule has 15 heavy (non-hydrogen) atoms. The quantitative estimate of drug-likeness (QED) is 0.874. The van der Waals surface area contributed by atoms with Crippen molar-refractivity contribution in [3.63, 3.8) is 0 Å². The van der Waals surface area contributed by atoms with Crippen LogP contribution in [0.1, 0.15) is 18.2 Å². The fraction of sp³-hybridized carbons (Fsp3) is 0.500. The Balaban J connectivity index is 2.20. The molecule has 82 valence electrons. The van der Waals surface area contributed by atoms with Gasteiger partial charge in [0.2, 0.25) is 0 Å². The van der Waals surface area contributed by atoms with Crippen LogP contribution >= 0.6 is 23.2 Å². The summed E-state index contributed by atoms with van der Waals surface area (Å²) in [7, 11) is 0. The summed E-state index contributed by atoms with van der Waals surface area (Å²) in [6.07, 6.45) is 1.65. The first kappa shape index (κ1) is 11.1. The van der Waals surface area contributed by atoms with Gasteiger partial charge in [-0.1, -0.05) is 23.2 Å². The maximum atomic E-state index is 10.0. The predicted molar refractivity (Wildman–Crippen MR) is 58.1 cm³/mol. The van der Waals surface area contributed by atoms with Gasteiger partial charge in [0.15, 0.2) is 0 Å². The van der Waals surface area contributed by atoms with E-state index >= 15 is 0 Å². The average molecular weight is 248 g/mol. The number of rotatable bonds is 2. The van der Waals surface area contributed by atoms with E-state index in [2.05, 4.69) is 4.98 Å². The van der Waals surface area contributed by atoms with E-state index in [4.69, 9.17) is 27.9 Å². The second-order valence-corrected chi connectivity index (χ2v) is 4.43. The second kappa shape index (κ2) is 4.66. The molecule has 0 amide bonds. The highest BCUT2D eigenvalue weighted by Crippen LogP contribution is 2.32. The monoisotopic (exact) mass is 247 g/mol. The Bertz CT molecular complexity index is 353. The summed E-state index contributed by atoms with van der Waals surface area (Å²) in [6.45, 7) is 1.24. The van der Waals surface area contributed by atoms with Gasteiger partial charge >= 0.3 is 0 Å². The highest BCUT2D eigenvalue weighted by molar-refractivity contribution is 6.34. The zero-order chi connectivity index (χ0) is 10.8. The largest absolute Gasteiger partial charge is 0.386 e. The number of nitrogens with zero attached hydrogens (tertiary/aromatic N) is 1. The van der Waals surface area contributed by atoms with Crippen molar-refractivity contribution in [3.8, 4) is 0 Å². The molecule has 1 aliphatic rings. The average Bonchev–Trinajstić information content (AvgIpc) is 2.69. The lowest BCUT2D eigenvalue weighted by molar-refractivity contribution is 0.0886. The van der Waals surface area contributed by atoms with Crippen molar-refractivity contribution < 1.29 is 9.84 Å². The van der Waals surface area contributed by atoms with Crippen LogP contribution in [-0.2, 0) is 4.74 Å². The van der Waals surface area contributed by atoms with Crippen LogP contribution in [0.5, 0.6) is 0 Å². The Morgan fingerprint density at radius 3 is 2.93 bits per heavy atom. The minimum atomic E-state index is -0.669. The van der Waals surface area contributed by atoms with Gasteiger partial charge < -0.3 is 9.84 Å². The summed E-state index contributed by atoms with van der Waals surface area (Å²) in [5.41, 5.74) is 0.483. The highest BCUT2D eigenvalue weighted by Gasteiger charge is 2.27. The standard InChI is InChI=1S/C10H11Cl2NO2/c11-7-3-8(12)9(13-4-7)10(14)6-1-2-15-5-6/h3-4,6,10,14H,1-2,5H2. The van der Waals surface area contributed by atoms with Crippen LogP contribution < -0.4 is 0 Å². The van der Waals surface area contributed by atoms with Crippen molar-refractivity contribution >= 4 is 23.2 Å². The number of pyridine rings is 1. The number of hydrogen-bond donors (Lipinski definition) is 1. The molecule has 1 saturated heterocycles. The van der Waals surface area contributed by atoms with E-state index in [1.165, 1.54) is 6.20 Å². The van der Waals surface area contributed by atoms with E-state index in [0.29, 0.717) is 29.0 Å². The Morgan fingerprint density at radius 2 is 2.33 bits per heavy atom. The van der Waals surface area contributed by atoms with Crippen molar-refractivity contribution in [2.24, 2.45) is 5.92 Å². The van der Waals surface area contributed by atoms with Gasteiger partial charge in [0.1, 0.15) is 6.10 Å². The fourth-order valence-electron chi connectivity index (χ4n) is 1.67. The smallest absolute Gasteiger partial charge is 0.103 e. The number of aliphatic hydroxyl groups is 1. The van der Waals surface area contributed by atoms with Crippen LogP contribution in [0.15, 0.2) is 12.3 Å². The Hall–Kier alpha value is -0.350. The molecule has 0 spiro atoms. The molecule has 1 N–H and O–H groups in total. The number of hydrogen-bond acceptors (Lipinski definition) is 3. The number of aliphatic hydroxyl groups excluding tert-OH is 1. The van der Waals surface area contributed by atoms with Gasteiger partial charge in [-0.2, -0.15) is 0 Å². The zero-order valence-electron chi connectivity index (χ0n) is 7.99. The third-order valence-electron chi connectivity index (χ3n) is 2.53. The molecule has 2 rings (SSSR count). The summed E-state index contributed by atoms with van der Waals surface area (Å²) in [5.74, 6) is 0.0798. The third-order valence-corrected chi connectivity index (χ3v) is 3.04. The van der Waals surface area contributed by atoms with Crippen LogP contribution in [0.25, 0.3) is 0 Å². The molecule has 3 nitrogen and oxygen atoms in total. The minimum absolute atomic E-state index is 0.0798. The van der Waals surface area contributed by atoms with Gasteiger partial charge in [-0.25, -0.2) is 0 Å². The van der Waals surface area contributed by atoms with Gasteiger partial charge in [0.05, 0.1) is 22.3 Å². The van der Waals surface area contributed by atoms with Crippen molar-refractivity contribution in [1.29, 1.82) is 0 Å². The molecule has 1 fully saturated rings. The zero-order valence-corrected chi connectivity index (χ0v) is 9.50. The molecular weight excluding hydrogens is 237 g/mol. The van der Waals surface area contributed by atoms with E-state index < -0.39 is 6.10 Å². The van der Waals surface area contributed by atoms with Crippen molar-refractivity contribution in [1.82, 2.24) is 4.98 Å². The maximum absolute atomic E-state index is 10.0. The minimum Gasteiger partial charge on any atom is -0.386 e. The lowest BCUT2D eigenvalue weighted by Gasteiger charge is -2.16. The lowest BCUT2D eigenvalue weighted by atomic mass is 9.99. The first-order chi connectivity index (χ1) is 7.18. The molecule has 0 aliphatic carbocycles. The fourth-order valence-corrected chi connectivity index (χ4v) is 2.16. The molecule has 0 saturated carbocycles. The summed E-state index contributed by atoms with van der Waals surface area (Å²) >= 11 is 11.7. The van der Waals surface area contributed by atoms with Gasteiger partial charge in [-0.15, -0.1) is 0 Å². The van der Waals surface area contributed by atoms with Crippen LogP contribution in [-0.4, -0.2) is 23.3 Å². The molecule has 2 unspecified atom stereocenters. The molecule has 0 bridgehead atoms. The van der Waals surface area contributed by atoms with E-state index in [-0.39, 0.29) is 5.92 Å². The van der Waals surface area contributed by atoms with Crippen molar-refractivity contribution in [2.45, 2.75) is 12.5 Å². The normalized spacial score (nSPS) is 23.0. The second-order valence-electron chi connectivity index (χ2n) is 3.59. The Kier molecular flexibility index (Phi) is 3.46. The lowest BCUT2D eigenvalue weighted by Crippen LogP contribution is -2.14. The molecule has 5 heteroatoms. The number of ether oxygens (including phenoxy) is 1. The highest BCUT2D eigenvalue weighted by atomic mass is 35.5. The molecule has 0 radical (unpaired) electrons. The topological polar surface area (TPSA) is 42.4 Å². The summed E-state index contributed by atoms with van der Waals surface area (Å²) < 4.78 is 5.21. The van der Waals surface area contributed by atoms with Gasteiger partial charge in [0, 0.05) is 18.7 Å². The Labute approximate surface area is 98.0 Å². The van der Waals surface area contributed by atoms with Crippen LogP contribution in [0, 0.1) is 5.92 Å². The number of aromatic nitrogens is 1. The van der Waals surface area contributed by atoms with Crippen LogP contribution in [0.3, 0.4) is 0 Å². The summed E-state index contributed by atoms with van der Waals surface area (Å²) in [5, 5.41) is 10.9. The Morgan fingerprint density at radius 1 is 1.53 bits per heavy atom. The van der Waals surface area contributed by atoms with Crippen molar-refractivity contribution in [2.75, 3.05) is 13.2 Å². The third kappa shape index (κ3) is 2.42. The number of halogens is 2. The predicted octanol–water partition coefficient (Wildman–Crippen LogP) is 2.46. The molecule has 1 aromatic heterocycles. The van der Waals surface area contributed by atoms with Gasteiger partial charge in [-0.3, -0.25) is 4.98 Å². The molecule has 2 heterocycles. The molecule has 0 aromatic carbocycles. The van der Waals surface area contributed by atoms with Crippen LogP contribution in [0.4, 0.5) is 0 Å². The summed E-state index contributed by atoms with van der Waals surface area (Å²) in [4.78, 5) is 4.05. The molecule has 2 atom stereocenters. The first-order valence-corrected chi connectivity index (χ1v) is 5.51. The molecule has 1 aliphatic heterocycles. The van der Waals surface area contributed by atoms with E-state index in [0.717, 1.165) is 6.42 Å². The van der Waals surface area contributed by atoms with E-state index in [1.54, 1.807) is 6.07 Å². The van der Waals surface area contributed by atoms with E-state index in [1.807, 2.05) is 0 Å². The maximum Gasteiger partial charge on any atom is 0.103 e. The SMILES string of the molecule is OC(c1ncc(Cl)cc1Cl)C1CCOC1. The van der Waals surface area contributed by atoms with Crippen LogP contribution in [0.2, 0.25) is 10.0 Å². The van der Waals surface area contributed by atoms with E-state index in [9.17, 15) is 5.11 Å². The summed E-state index contributed by atoms with van der Waals surface area (Å²) in [6, 6.07) is 1.59. The molecular formula is C10H11Cl2NO2. The van der Waals surface area contributed by atoms with Gasteiger partial charge in [-0.05, 0) is 12.5 Å².